The molecule has 0 aliphatic rings. The third-order valence-electron chi connectivity index (χ3n) is 10.4. The van der Waals surface area contributed by atoms with Crippen LogP contribution >= 0.6 is 7.56 Å². The zero-order chi connectivity index (χ0) is 36.8. The molecule has 2 N–H and O–H groups in total. The first kappa shape index (κ1) is 48.8. The fraction of sp³-hybridized carbons (Fsp3) is 0.930. The largest absolute Gasteiger partial charge is 0.300 e. The molecule has 0 aromatic heterocycles. The number of nitrogens with one attached hydrogen (secondary N) is 2. The third-order valence-corrected chi connectivity index (χ3v) is 13.7. The molecule has 0 spiro atoms. The van der Waals surface area contributed by atoms with Gasteiger partial charge < -0.3 is 0 Å². The van der Waals surface area contributed by atoms with Gasteiger partial charge in [-0.15, -0.1) is 0 Å². The molecule has 7 heteroatoms. The van der Waals surface area contributed by atoms with Crippen molar-refractivity contribution in [1.82, 2.24) is 15.1 Å². The van der Waals surface area contributed by atoms with Gasteiger partial charge >= 0.3 is 0 Å². The van der Waals surface area contributed by atoms with E-state index < -0.39 is 7.56 Å². The lowest BCUT2D eigenvalue weighted by molar-refractivity contribution is -0.119. The molecule has 0 bridgehead atoms. The highest BCUT2D eigenvalue weighted by Gasteiger charge is 2.41. The Balaban J connectivity index is 4.71. The molecule has 50 heavy (non-hydrogen) atoms. The number of rotatable bonds is 39. The highest BCUT2D eigenvalue weighted by atomic mass is 31.2. The van der Waals surface area contributed by atoms with Gasteiger partial charge in [0.25, 0.3) is 11.8 Å². The topological polar surface area (TPSA) is 85.2 Å². The van der Waals surface area contributed by atoms with Gasteiger partial charge in [0.15, 0.2) is 7.56 Å². The first-order chi connectivity index (χ1) is 24.5. The smallest absolute Gasteiger partial charge is 0.252 e. The summed E-state index contributed by atoms with van der Waals surface area (Å²) in [6.45, 7) is 11.3. The van der Waals surface area contributed by atoms with Crippen LogP contribution in [0.15, 0.2) is 0 Å². The molecule has 0 radical (unpaired) electrons. The molecule has 0 aliphatic heterocycles. The highest BCUT2D eigenvalue weighted by Crippen LogP contribution is 2.51. The van der Waals surface area contributed by atoms with E-state index in [2.05, 4.69) is 35.0 Å². The van der Waals surface area contributed by atoms with Gasteiger partial charge in [0.1, 0.15) is 12.3 Å². The van der Waals surface area contributed by atoms with Crippen LogP contribution in [0.3, 0.4) is 0 Å². The van der Waals surface area contributed by atoms with Gasteiger partial charge in [-0.1, -0.05) is 195 Å². The molecule has 0 heterocycles. The minimum Gasteiger partial charge on any atom is -0.300 e. The first-order valence-corrected chi connectivity index (χ1v) is 24.2. The molecule has 0 fully saturated rings. The predicted octanol–water partition coefficient (Wildman–Crippen LogP) is 13.1. The maximum Gasteiger partial charge on any atom is 0.252 e. The first-order valence-electron chi connectivity index (χ1n) is 22.0. The van der Waals surface area contributed by atoms with Crippen LogP contribution in [0.25, 0.3) is 0 Å². The zero-order valence-electron chi connectivity index (χ0n) is 34.1. The maximum absolute atomic E-state index is 12.6. The zero-order valence-corrected chi connectivity index (χ0v) is 35.0. The molecule has 0 saturated carbocycles. The number of nitriles is 1. The van der Waals surface area contributed by atoms with Crippen molar-refractivity contribution in [3.63, 3.8) is 0 Å². The normalized spacial score (nSPS) is 11.6. The van der Waals surface area contributed by atoms with Crippen molar-refractivity contribution >= 4 is 19.4 Å². The summed E-state index contributed by atoms with van der Waals surface area (Å²) in [7, 11) is -2.32. The van der Waals surface area contributed by atoms with Crippen LogP contribution in [0, 0.1) is 11.3 Å². The second-order valence-electron chi connectivity index (χ2n) is 15.1. The summed E-state index contributed by atoms with van der Waals surface area (Å²) in [5, 5.41) is 15.9. The standard InChI is InChI=1S/C43H85N4O2P/c1-5-9-11-13-15-17-19-21-23-25-27-29-31-33-37-47(38-34-32-30-28-26-24-22-20-18-16-14-12-10-6-2)39-41-50(40-35-36-44,45-42(48)7-3)46-43(49)8-4/h5-35,37-41H2,1-4H3,(H-,45,46,48,49)/p+1. The molecule has 0 atom stereocenters. The monoisotopic (exact) mass is 722 g/mol. The van der Waals surface area contributed by atoms with E-state index in [4.69, 9.17) is 0 Å². The molecule has 0 aromatic rings. The lowest BCUT2D eigenvalue weighted by Crippen LogP contribution is -2.42. The quantitative estimate of drug-likeness (QED) is 0.0489. The molecule has 294 valence electrons. The molecule has 0 saturated heterocycles. The average molecular weight is 722 g/mol. The van der Waals surface area contributed by atoms with E-state index in [1.165, 1.54) is 180 Å². The summed E-state index contributed by atoms with van der Waals surface area (Å²) in [6.07, 6.45) is 40.7. The molecule has 6 nitrogen and oxygen atoms in total. The molecule has 0 unspecified atom stereocenters. The van der Waals surface area contributed by atoms with Crippen molar-refractivity contribution in [2.45, 2.75) is 227 Å². The van der Waals surface area contributed by atoms with E-state index in [-0.39, 0.29) is 11.8 Å². The number of unbranched alkanes of at least 4 members (excludes halogenated alkanes) is 26. The van der Waals surface area contributed by atoms with Crippen molar-refractivity contribution in [2.75, 3.05) is 32.0 Å². The number of amides is 2. The van der Waals surface area contributed by atoms with E-state index in [1.54, 1.807) is 0 Å². The predicted molar refractivity (Wildman–Crippen MR) is 221 cm³/mol. The van der Waals surface area contributed by atoms with E-state index >= 15 is 0 Å². The SMILES string of the molecule is CCCCCCCCCCCCCCCCN(CCCCCCCCCCCCCCCC)CC[P+](CCC#N)(NC(=O)CC)NC(=O)CC. The summed E-state index contributed by atoms with van der Waals surface area (Å²) in [5.41, 5.74) is 0. The van der Waals surface area contributed by atoms with Crippen LogP contribution in [0.4, 0.5) is 0 Å². The van der Waals surface area contributed by atoms with E-state index in [0.29, 0.717) is 25.4 Å². The van der Waals surface area contributed by atoms with Crippen LogP contribution in [-0.4, -0.2) is 48.7 Å². The minimum atomic E-state index is -2.32. The Bertz CT molecular complexity index is 752. The van der Waals surface area contributed by atoms with Gasteiger partial charge in [-0.05, 0) is 25.9 Å². The lowest BCUT2D eigenvalue weighted by Gasteiger charge is -2.30. The Kier molecular flexibility index (Phi) is 36.7. The number of nitrogens with zero attached hydrogens (tertiary/aromatic N) is 2. The van der Waals surface area contributed by atoms with Crippen LogP contribution in [0.5, 0.6) is 0 Å². The highest BCUT2D eigenvalue weighted by molar-refractivity contribution is 7.73. The lowest BCUT2D eigenvalue weighted by atomic mass is 10.0. The van der Waals surface area contributed by atoms with Crippen molar-refractivity contribution in [3.8, 4) is 6.07 Å². The number of hydrogen-bond acceptors (Lipinski definition) is 4. The van der Waals surface area contributed by atoms with Gasteiger partial charge in [0.2, 0.25) is 0 Å². The molecule has 2 amide bonds. The second kappa shape index (κ2) is 37.6. The Hall–Kier alpha value is -1.18. The van der Waals surface area contributed by atoms with E-state index in [0.717, 1.165) is 25.8 Å². The number of hydrogen-bond donors (Lipinski definition) is 2. The minimum absolute atomic E-state index is 0.0295. The number of carbonyl (C=O) groups is 2. The Morgan fingerprint density at radius 2 is 0.760 bits per heavy atom. The summed E-state index contributed by atoms with van der Waals surface area (Å²) < 4.78 is 0. The summed E-state index contributed by atoms with van der Waals surface area (Å²) in [4.78, 5) is 27.8. The molecule has 0 rings (SSSR count). The molecular weight excluding hydrogens is 635 g/mol. The van der Waals surface area contributed by atoms with Gasteiger partial charge in [0, 0.05) is 19.4 Å². The fourth-order valence-electron chi connectivity index (χ4n) is 6.95. The van der Waals surface area contributed by atoms with Crippen molar-refractivity contribution in [3.05, 3.63) is 0 Å². The van der Waals surface area contributed by atoms with Crippen LogP contribution in [0.1, 0.15) is 227 Å². The Morgan fingerprint density at radius 1 is 0.460 bits per heavy atom. The molecule has 0 aromatic carbocycles. The van der Waals surface area contributed by atoms with Crippen molar-refractivity contribution < 1.29 is 9.59 Å². The van der Waals surface area contributed by atoms with Crippen LogP contribution in [-0.2, 0) is 9.59 Å². The molecule has 0 aliphatic carbocycles. The summed E-state index contributed by atoms with van der Waals surface area (Å²) in [6, 6.07) is 2.27. The van der Waals surface area contributed by atoms with Crippen molar-refractivity contribution in [1.29, 1.82) is 5.26 Å². The molecular formula is C43H86N4O2P+. The third kappa shape index (κ3) is 31.5. The van der Waals surface area contributed by atoms with Crippen LogP contribution in [0.2, 0.25) is 0 Å². The van der Waals surface area contributed by atoms with E-state index in [1.807, 2.05) is 13.8 Å². The maximum atomic E-state index is 12.6. The summed E-state index contributed by atoms with van der Waals surface area (Å²) >= 11 is 0. The average Bonchev–Trinajstić information content (AvgIpc) is 3.12. The summed E-state index contributed by atoms with van der Waals surface area (Å²) in [5.74, 6) is -0.0589. The van der Waals surface area contributed by atoms with Gasteiger partial charge in [-0.2, -0.15) is 5.26 Å². The number of carbonyl (C=O) groups excluding carboxylic acids is 2. The fourth-order valence-corrected chi connectivity index (χ4v) is 10.1. The Morgan fingerprint density at radius 3 is 1.04 bits per heavy atom. The van der Waals surface area contributed by atoms with Crippen molar-refractivity contribution in [2.24, 2.45) is 0 Å². The van der Waals surface area contributed by atoms with E-state index in [9.17, 15) is 14.9 Å². The van der Waals surface area contributed by atoms with Gasteiger partial charge in [0.05, 0.1) is 12.5 Å². The Labute approximate surface area is 313 Å². The van der Waals surface area contributed by atoms with Gasteiger partial charge in [-0.25, -0.2) is 10.2 Å². The van der Waals surface area contributed by atoms with Crippen LogP contribution < -0.4 is 10.2 Å². The van der Waals surface area contributed by atoms with Gasteiger partial charge in [-0.3, -0.25) is 14.5 Å². The second-order valence-corrected chi connectivity index (χ2v) is 18.4.